The molecule has 0 amide bonds. The van der Waals surface area contributed by atoms with E-state index >= 15 is 0 Å². The summed E-state index contributed by atoms with van der Waals surface area (Å²) < 4.78 is 14.0. The third-order valence-electron chi connectivity index (χ3n) is 4.78. The Bertz CT molecular complexity index is 600. The van der Waals surface area contributed by atoms with Gasteiger partial charge in [0.15, 0.2) is 0 Å². The smallest absolute Gasteiger partial charge is 0.146 e. The summed E-state index contributed by atoms with van der Waals surface area (Å²) in [4.78, 5) is 2.34. The molecule has 0 aliphatic carbocycles. The quantitative estimate of drug-likeness (QED) is 0.519. The van der Waals surface area contributed by atoms with Crippen LogP contribution in [-0.2, 0) is 6.54 Å². The Kier molecular flexibility index (Phi) is 7.58. The zero-order chi connectivity index (χ0) is 17.5. The molecule has 1 aliphatic rings. The van der Waals surface area contributed by atoms with Gasteiger partial charge in [0.25, 0.3) is 0 Å². The molecule has 1 heterocycles. The highest BCUT2D eigenvalue weighted by Gasteiger charge is 2.20. The number of nitrogens with zero attached hydrogens (tertiary/aromatic N) is 1. The average molecular weight is 348 g/mol. The minimum atomic E-state index is -0.263. The molecule has 1 saturated heterocycles. The summed E-state index contributed by atoms with van der Waals surface area (Å²) in [7, 11) is 2.13. The van der Waals surface area contributed by atoms with E-state index in [4.69, 9.17) is 11.6 Å². The SMILES string of the molecule is B/C(C)=C/C=C(/C)CCC1CCN(Cc2cccc(Cl)c2F)CC1. The minimum absolute atomic E-state index is 0.223. The first-order valence-corrected chi connectivity index (χ1v) is 9.29. The molecule has 0 bridgehead atoms. The van der Waals surface area contributed by atoms with Crippen LogP contribution in [0.15, 0.2) is 41.4 Å². The second-order valence-corrected chi connectivity index (χ2v) is 7.64. The Morgan fingerprint density at radius 3 is 2.67 bits per heavy atom. The second kappa shape index (κ2) is 9.43. The summed E-state index contributed by atoms with van der Waals surface area (Å²) in [6.07, 6.45) is 9.29. The molecule has 24 heavy (non-hydrogen) atoms. The zero-order valence-corrected chi connectivity index (χ0v) is 15.9. The third kappa shape index (κ3) is 6.10. The minimum Gasteiger partial charge on any atom is -0.299 e. The molecule has 130 valence electrons. The molecule has 2 rings (SSSR count). The average Bonchev–Trinajstić information content (AvgIpc) is 2.56. The van der Waals surface area contributed by atoms with Crippen molar-refractivity contribution in [2.45, 2.75) is 46.1 Å². The first kappa shape index (κ1) is 19.3. The molecule has 1 aromatic rings. The standard InChI is InChI=1S/C20H28BClFN/c1-15(6-8-16(2)21)7-9-17-10-12-24(13-11-17)14-18-4-3-5-19(22)20(18)23/h3-6,8,17H,7,9-14,21H2,1-2H3/b15-6-,16-8+. The molecule has 1 nitrogen and oxygen atoms in total. The molecular weight excluding hydrogens is 319 g/mol. The van der Waals surface area contributed by atoms with Crippen LogP contribution >= 0.6 is 11.6 Å². The fourth-order valence-corrected chi connectivity index (χ4v) is 3.36. The van der Waals surface area contributed by atoms with E-state index in [2.05, 4.69) is 38.7 Å². The predicted octanol–water partition coefficient (Wildman–Crippen LogP) is 4.95. The summed E-state index contributed by atoms with van der Waals surface area (Å²) in [6.45, 7) is 7.11. The summed E-state index contributed by atoms with van der Waals surface area (Å²) in [6, 6.07) is 5.28. The van der Waals surface area contributed by atoms with Gasteiger partial charge >= 0.3 is 0 Å². The van der Waals surface area contributed by atoms with E-state index in [-0.39, 0.29) is 10.8 Å². The number of likely N-dealkylation sites (tertiary alicyclic amines) is 1. The zero-order valence-electron chi connectivity index (χ0n) is 15.1. The molecule has 0 atom stereocenters. The van der Waals surface area contributed by atoms with Crippen molar-refractivity contribution in [1.29, 1.82) is 0 Å². The highest BCUT2D eigenvalue weighted by atomic mass is 35.5. The summed E-state index contributed by atoms with van der Waals surface area (Å²) in [5, 5.41) is 0.223. The van der Waals surface area contributed by atoms with Gasteiger partial charge in [0.05, 0.1) is 5.02 Å². The molecule has 1 aliphatic heterocycles. The number of piperidine rings is 1. The van der Waals surface area contributed by atoms with Gasteiger partial charge in [0, 0.05) is 12.1 Å². The molecule has 0 spiro atoms. The molecule has 0 N–H and O–H groups in total. The fourth-order valence-electron chi connectivity index (χ4n) is 3.17. The number of benzene rings is 1. The van der Waals surface area contributed by atoms with Gasteiger partial charge in [-0.2, -0.15) is 0 Å². The first-order valence-electron chi connectivity index (χ1n) is 8.91. The molecule has 0 unspecified atom stereocenters. The number of allylic oxidation sites excluding steroid dienone is 4. The normalized spacial score (nSPS) is 18.2. The largest absolute Gasteiger partial charge is 0.299 e. The van der Waals surface area contributed by atoms with E-state index in [9.17, 15) is 4.39 Å². The van der Waals surface area contributed by atoms with Gasteiger partial charge in [-0.1, -0.05) is 48.4 Å². The van der Waals surface area contributed by atoms with Crippen LogP contribution in [0.4, 0.5) is 4.39 Å². The van der Waals surface area contributed by atoms with Gasteiger partial charge in [0.1, 0.15) is 13.7 Å². The van der Waals surface area contributed by atoms with Crippen LogP contribution in [0.25, 0.3) is 0 Å². The third-order valence-corrected chi connectivity index (χ3v) is 5.07. The molecule has 0 radical (unpaired) electrons. The van der Waals surface area contributed by atoms with Gasteiger partial charge in [-0.05, 0) is 57.7 Å². The van der Waals surface area contributed by atoms with Crippen molar-refractivity contribution in [2.75, 3.05) is 13.1 Å². The maximum absolute atomic E-state index is 14.0. The van der Waals surface area contributed by atoms with Crippen LogP contribution in [0.1, 0.15) is 45.1 Å². The van der Waals surface area contributed by atoms with Gasteiger partial charge in [-0.25, -0.2) is 4.39 Å². The summed E-state index contributed by atoms with van der Waals surface area (Å²) >= 11 is 5.87. The Hall–Kier alpha value is -1.06. The summed E-state index contributed by atoms with van der Waals surface area (Å²) in [5.74, 6) is 0.529. The number of hydrogen-bond donors (Lipinski definition) is 0. The van der Waals surface area contributed by atoms with Gasteiger partial charge in [-0.3, -0.25) is 4.90 Å². The summed E-state index contributed by atoms with van der Waals surface area (Å²) in [5.41, 5.74) is 3.51. The van der Waals surface area contributed by atoms with Crippen LogP contribution in [-0.4, -0.2) is 25.8 Å². The monoisotopic (exact) mass is 347 g/mol. The number of halogens is 2. The van der Waals surface area contributed by atoms with E-state index in [1.54, 1.807) is 6.07 Å². The first-order chi connectivity index (χ1) is 11.5. The number of rotatable bonds is 6. The van der Waals surface area contributed by atoms with Crippen molar-refractivity contribution in [3.8, 4) is 0 Å². The van der Waals surface area contributed by atoms with Gasteiger partial charge in [0.2, 0.25) is 0 Å². The lowest BCUT2D eigenvalue weighted by atomic mass is 9.90. The Morgan fingerprint density at radius 1 is 1.29 bits per heavy atom. The predicted molar refractivity (Wildman–Crippen MR) is 105 cm³/mol. The second-order valence-electron chi connectivity index (χ2n) is 7.23. The van der Waals surface area contributed by atoms with Crippen LogP contribution in [0.2, 0.25) is 5.02 Å². The van der Waals surface area contributed by atoms with Gasteiger partial charge < -0.3 is 0 Å². The van der Waals surface area contributed by atoms with E-state index in [1.165, 1.54) is 36.7 Å². The lowest BCUT2D eigenvalue weighted by Gasteiger charge is -2.32. The van der Waals surface area contributed by atoms with E-state index < -0.39 is 0 Å². The van der Waals surface area contributed by atoms with Crippen molar-refractivity contribution < 1.29 is 4.39 Å². The molecule has 4 heteroatoms. The molecule has 0 saturated carbocycles. The van der Waals surface area contributed by atoms with Crippen molar-refractivity contribution in [1.82, 2.24) is 4.90 Å². The lowest BCUT2D eigenvalue weighted by Crippen LogP contribution is -2.33. The van der Waals surface area contributed by atoms with Crippen molar-refractivity contribution in [3.63, 3.8) is 0 Å². The fraction of sp³-hybridized carbons (Fsp3) is 0.500. The van der Waals surface area contributed by atoms with Crippen LogP contribution in [0.5, 0.6) is 0 Å². The van der Waals surface area contributed by atoms with E-state index in [1.807, 2.05) is 12.1 Å². The highest BCUT2D eigenvalue weighted by Crippen LogP contribution is 2.26. The van der Waals surface area contributed by atoms with Crippen LogP contribution in [0, 0.1) is 11.7 Å². The van der Waals surface area contributed by atoms with Crippen LogP contribution < -0.4 is 0 Å². The molecular formula is C20H28BClFN. The van der Waals surface area contributed by atoms with Crippen molar-refractivity contribution >= 4 is 19.4 Å². The topological polar surface area (TPSA) is 3.24 Å². The van der Waals surface area contributed by atoms with Crippen molar-refractivity contribution in [3.05, 3.63) is 57.8 Å². The van der Waals surface area contributed by atoms with Crippen LogP contribution in [0.3, 0.4) is 0 Å². The number of hydrogen-bond acceptors (Lipinski definition) is 1. The Labute approximate surface area is 152 Å². The molecule has 1 aromatic carbocycles. The van der Waals surface area contributed by atoms with Gasteiger partial charge in [-0.15, -0.1) is 5.47 Å². The maximum Gasteiger partial charge on any atom is 0.146 e. The molecule has 1 fully saturated rings. The van der Waals surface area contributed by atoms with E-state index in [0.717, 1.165) is 19.0 Å². The maximum atomic E-state index is 14.0. The lowest BCUT2D eigenvalue weighted by molar-refractivity contribution is 0.171. The molecule has 0 aromatic heterocycles. The van der Waals surface area contributed by atoms with E-state index in [0.29, 0.717) is 12.1 Å². The Balaban J connectivity index is 1.76. The highest BCUT2D eigenvalue weighted by molar-refractivity contribution is 6.30. The van der Waals surface area contributed by atoms with Crippen molar-refractivity contribution in [2.24, 2.45) is 5.92 Å². The Morgan fingerprint density at radius 2 is 2.00 bits per heavy atom.